The molecule has 0 unspecified atom stereocenters. The molecule has 0 bridgehead atoms. The average molecular weight is 571 g/mol. The van der Waals surface area contributed by atoms with Crippen molar-refractivity contribution in [2.24, 2.45) is 0 Å². The van der Waals surface area contributed by atoms with E-state index >= 15 is 0 Å². The van der Waals surface area contributed by atoms with Crippen LogP contribution in [0.3, 0.4) is 0 Å². The molecule has 2 nitrogen and oxygen atoms in total. The Balaban J connectivity index is 1.28. The van der Waals surface area contributed by atoms with Crippen molar-refractivity contribution in [3.63, 3.8) is 0 Å². The van der Waals surface area contributed by atoms with Gasteiger partial charge in [-0.3, -0.25) is 4.98 Å². The fourth-order valence-corrected chi connectivity index (χ4v) is 7.11. The Labute approximate surface area is 260 Å². The highest BCUT2D eigenvalue weighted by molar-refractivity contribution is 6.09. The van der Waals surface area contributed by atoms with Gasteiger partial charge in [-0.1, -0.05) is 106 Å². The zero-order chi connectivity index (χ0) is 30.4. The number of aromatic nitrogens is 2. The van der Waals surface area contributed by atoms with Crippen molar-refractivity contribution in [3.05, 3.63) is 155 Å². The summed E-state index contributed by atoms with van der Waals surface area (Å²) in [7, 11) is 0. The molecule has 0 saturated carbocycles. The van der Waals surface area contributed by atoms with Crippen molar-refractivity contribution in [2.75, 3.05) is 0 Å². The Bertz CT molecular complexity index is 2090. The molecule has 2 heteroatoms. The van der Waals surface area contributed by atoms with E-state index in [9.17, 15) is 0 Å². The number of pyridine rings is 1. The third kappa shape index (κ3) is 4.53. The second-order valence-electron chi connectivity index (χ2n) is 12.4. The molecular formula is C42H38N2. The normalized spacial score (nSPS) is 11.8. The molecule has 7 rings (SSSR count). The van der Waals surface area contributed by atoms with Crippen molar-refractivity contribution >= 4 is 21.8 Å². The maximum absolute atomic E-state index is 4.87. The number of hydrogen-bond acceptors (Lipinski definition) is 1. The second kappa shape index (κ2) is 11.0. The molecule has 0 aliphatic carbocycles. The molecule has 0 radical (unpaired) electrons. The molecule has 0 atom stereocenters. The molecule has 2 heterocycles. The predicted octanol–water partition coefficient (Wildman–Crippen LogP) is 11.0. The summed E-state index contributed by atoms with van der Waals surface area (Å²) in [6.07, 6.45) is 2.90. The first kappa shape index (κ1) is 27.9. The fourth-order valence-electron chi connectivity index (χ4n) is 7.11. The van der Waals surface area contributed by atoms with Crippen LogP contribution in [0.25, 0.3) is 49.7 Å². The standard InChI is InChI=1S/C42H38N2/c1-6-30-13-12-26-43-41(30)42(4,5)38-17-11-16-34(29(38)3)37-27-32(21-20-28(37)2)31-22-24-33(25-23-31)44-39-18-9-7-14-35(39)36-15-8-10-19-40(36)44/h7-27H,6H2,1-5H3. The van der Waals surface area contributed by atoms with Gasteiger partial charge in [0.05, 0.1) is 16.7 Å². The van der Waals surface area contributed by atoms with Gasteiger partial charge in [-0.2, -0.15) is 0 Å². The molecule has 0 aliphatic heterocycles. The second-order valence-corrected chi connectivity index (χ2v) is 12.4. The van der Waals surface area contributed by atoms with Gasteiger partial charge in [0.2, 0.25) is 0 Å². The Morgan fingerprint density at radius 2 is 1.30 bits per heavy atom. The topological polar surface area (TPSA) is 17.8 Å². The molecule has 0 saturated heterocycles. The van der Waals surface area contributed by atoms with Gasteiger partial charge in [-0.05, 0) is 101 Å². The third-order valence-corrected chi connectivity index (χ3v) is 9.44. The molecule has 0 aliphatic rings. The number of rotatable bonds is 6. The molecule has 0 fully saturated rings. The molecule has 0 spiro atoms. The minimum atomic E-state index is -0.207. The highest BCUT2D eigenvalue weighted by atomic mass is 15.0. The predicted molar refractivity (Wildman–Crippen MR) is 187 cm³/mol. The van der Waals surface area contributed by atoms with Crippen molar-refractivity contribution in [1.82, 2.24) is 9.55 Å². The Morgan fingerprint density at radius 1 is 0.636 bits per heavy atom. The fraction of sp³-hybridized carbons (Fsp3) is 0.167. The molecule has 44 heavy (non-hydrogen) atoms. The van der Waals surface area contributed by atoms with Gasteiger partial charge in [0.1, 0.15) is 0 Å². The van der Waals surface area contributed by atoms with Crippen molar-refractivity contribution < 1.29 is 0 Å². The lowest BCUT2D eigenvalue weighted by molar-refractivity contribution is 0.604. The highest BCUT2D eigenvalue weighted by Gasteiger charge is 2.29. The van der Waals surface area contributed by atoms with E-state index in [4.69, 9.17) is 4.98 Å². The van der Waals surface area contributed by atoms with Crippen LogP contribution in [-0.2, 0) is 11.8 Å². The van der Waals surface area contributed by atoms with Crippen LogP contribution < -0.4 is 0 Å². The summed E-state index contributed by atoms with van der Waals surface area (Å²) < 4.78 is 2.37. The molecule has 7 aromatic rings. The van der Waals surface area contributed by atoms with Crippen LogP contribution in [0.1, 0.15) is 48.7 Å². The maximum Gasteiger partial charge on any atom is 0.0541 e. The monoisotopic (exact) mass is 570 g/mol. The van der Waals surface area contributed by atoms with E-state index < -0.39 is 0 Å². The first-order valence-electron chi connectivity index (χ1n) is 15.6. The van der Waals surface area contributed by atoms with Crippen LogP contribution in [0, 0.1) is 13.8 Å². The summed E-state index contributed by atoms with van der Waals surface area (Å²) in [5, 5.41) is 2.56. The lowest BCUT2D eigenvalue weighted by Gasteiger charge is -2.30. The van der Waals surface area contributed by atoms with E-state index in [1.165, 1.54) is 72.0 Å². The number of fused-ring (bicyclic) bond motifs is 3. The number of nitrogens with zero attached hydrogens (tertiary/aromatic N) is 2. The first-order chi connectivity index (χ1) is 21.4. The summed E-state index contributed by atoms with van der Waals surface area (Å²) in [6, 6.07) is 44.2. The highest BCUT2D eigenvalue weighted by Crippen LogP contribution is 2.40. The van der Waals surface area contributed by atoms with Crippen LogP contribution in [0.5, 0.6) is 0 Å². The van der Waals surface area contributed by atoms with E-state index in [1.807, 2.05) is 12.3 Å². The third-order valence-electron chi connectivity index (χ3n) is 9.44. The summed E-state index contributed by atoms with van der Waals surface area (Å²) in [4.78, 5) is 4.87. The molecule has 0 N–H and O–H groups in total. The van der Waals surface area contributed by atoms with Gasteiger partial charge in [0, 0.05) is 28.1 Å². The average Bonchev–Trinajstić information content (AvgIpc) is 3.40. The van der Waals surface area contributed by atoms with Crippen LogP contribution >= 0.6 is 0 Å². The van der Waals surface area contributed by atoms with Crippen LogP contribution in [0.15, 0.2) is 128 Å². The summed E-state index contributed by atoms with van der Waals surface area (Å²) in [5.74, 6) is 0. The summed E-state index contributed by atoms with van der Waals surface area (Å²) >= 11 is 0. The lowest BCUT2D eigenvalue weighted by atomic mass is 9.75. The molecule has 5 aromatic carbocycles. The zero-order valence-corrected chi connectivity index (χ0v) is 26.2. The van der Waals surface area contributed by atoms with E-state index in [0.29, 0.717) is 0 Å². The van der Waals surface area contributed by atoms with Crippen LogP contribution in [0.4, 0.5) is 0 Å². The smallest absolute Gasteiger partial charge is 0.0541 e. The molecule has 216 valence electrons. The largest absolute Gasteiger partial charge is 0.309 e. The number of aryl methyl sites for hydroxylation is 2. The van der Waals surface area contributed by atoms with Gasteiger partial charge < -0.3 is 4.57 Å². The summed E-state index contributed by atoms with van der Waals surface area (Å²) in [5.41, 5.74) is 14.8. The van der Waals surface area contributed by atoms with Crippen LogP contribution in [0.2, 0.25) is 0 Å². The summed E-state index contributed by atoms with van der Waals surface area (Å²) in [6.45, 7) is 11.3. The SMILES string of the molecule is CCc1cccnc1C(C)(C)c1cccc(-c2cc(-c3ccc(-n4c5ccccc5c5ccccc54)cc3)ccc2C)c1C. The Hall–Kier alpha value is -4.95. The van der Waals surface area contributed by atoms with Gasteiger partial charge in [-0.25, -0.2) is 0 Å². The Morgan fingerprint density at radius 3 is 1.98 bits per heavy atom. The maximum atomic E-state index is 4.87. The minimum absolute atomic E-state index is 0.207. The van der Waals surface area contributed by atoms with Gasteiger partial charge in [-0.15, -0.1) is 0 Å². The first-order valence-corrected chi connectivity index (χ1v) is 15.6. The zero-order valence-electron chi connectivity index (χ0n) is 26.2. The van der Waals surface area contributed by atoms with E-state index in [-0.39, 0.29) is 5.41 Å². The Kier molecular flexibility index (Phi) is 6.94. The lowest BCUT2D eigenvalue weighted by Crippen LogP contribution is -2.24. The van der Waals surface area contributed by atoms with Gasteiger partial charge in [0.25, 0.3) is 0 Å². The molecule has 0 amide bonds. The quantitative estimate of drug-likeness (QED) is 0.194. The van der Waals surface area contributed by atoms with Crippen molar-refractivity contribution in [1.29, 1.82) is 0 Å². The number of benzene rings is 5. The number of para-hydroxylation sites is 2. The molecule has 2 aromatic heterocycles. The van der Waals surface area contributed by atoms with Gasteiger partial charge in [0.15, 0.2) is 0 Å². The van der Waals surface area contributed by atoms with E-state index in [1.54, 1.807) is 0 Å². The van der Waals surface area contributed by atoms with E-state index in [2.05, 4.69) is 154 Å². The minimum Gasteiger partial charge on any atom is -0.309 e. The number of hydrogen-bond donors (Lipinski definition) is 0. The van der Waals surface area contributed by atoms with Gasteiger partial charge >= 0.3 is 0 Å². The van der Waals surface area contributed by atoms with E-state index in [0.717, 1.165) is 12.1 Å². The van der Waals surface area contributed by atoms with Crippen molar-refractivity contribution in [2.45, 2.75) is 46.5 Å². The van der Waals surface area contributed by atoms with Crippen molar-refractivity contribution in [3.8, 4) is 27.9 Å². The van der Waals surface area contributed by atoms with Crippen LogP contribution in [-0.4, -0.2) is 9.55 Å². The molecular weight excluding hydrogens is 532 g/mol.